The standard InChI is InChI=1S/C10H13N/c1-8(9(2)11)10-6-4-3-5-7-10/h3-7,9H,1,11H2,2H3/t9-/m0/s1. The third-order valence-electron chi connectivity index (χ3n) is 1.69. The Balaban J connectivity index is 2.86. The molecule has 1 rings (SSSR count). The van der Waals surface area contributed by atoms with Gasteiger partial charge in [0.05, 0.1) is 0 Å². The highest BCUT2D eigenvalue weighted by molar-refractivity contribution is 5.66. The van der Waals surface area contributed by atoms with Gasteiger partial charge in [-0.2, -0.15) is 0 Å². The zero-order valence-electron chi connectivity index (χ0n) is 6.75. The van der Waals surface area contributed by atoms with Gasteiger partial charge in [-0.1, -0.05) is 36.9 Å². The second kappa shape index (κ2) is 3.35. The highest BCUT2D eigenvalue weighted by Gasteiger charge is 2.01. The number of nitrogens with two attached hydrogens (primary N) is 1. The van der Waals surface area contributed by atoms with Crippen molar-refractivity contribution in [3.05, 3.63) is 42.5 Å². The summed E-state index contributed by atoms with van der Waals surface area (Å²) in [6.45, 7) is 5.84. The normalized spacial score (nSPS) is 12.5. The van der Waals surface area contributed by atoms with Crippen LogP contribution in [-0.2, 0) is 0 Å². The van der Waals surface area contributed by atoms with Gasteiger partial charge in [-0.3, -0.25) is 0 Å². The molecule has 0 aliphatic heterocycles. The van der Waals surface area contributed by atoms with E-state index in [9.17, 15) is 0 Å². The van der Waals surface area contributed by atoms with Crippen LogP contribution in [-0.4, -0.2) is 6.04 Å². The first kappa shape index (κ1) is 8.02. The first-order valence-corrected chi connectivity index (χ1v) is 3.71. The lowest BCUT2D eigenvalue weighted by atomic mass is 10.0. The van der Waals surface area contributed by atoms with Crippen molar-refractivity contribution >= 4 is 5.57 Å². The number of benzene rings is 1. The Morgan fingerprint density at radius 3 is 2.36 bits per heavy atom. The van der Waals surface area contributed by atoms with Crippen LogP contribution >= 0.6 is 0 Å². The van der Waals surface area contributed by atoms with Gasteiger partial charge in [0.15, 0.2) is 0 Å². The molecule has 0 amide bonds. The van der Waals surface area contributed by atoms with Crippen molar-refractivity contribution in [2.75, 3.05) is 0 Å². The van der Waals surface area contributed by atoms with Crippen LogP contribution in [0.1, 0.15) is 12.5 Å². The van der Waals surface area contributed by atoms with Gasteiger partial charge < -0.3 is 5.73 Å². The number of hydrogen-bond donors (Lipinski definition) is 1. The minimum Gasteiger partial charge on any atom is -0.324 e. The van der Waals surface area contributed by atoms with Crippen LogP contribution in [0.4, 0.5) is 0 Å². The topological polar surface area (TPSA) is 26.0 Å². The molecule has 1 aromatic carbocycles. The Bertz CT molecular complexity index is 236. The maximum Gasteiger partial charge on any atom is 0.0266 e. The molecular formula is C10H13N. The lowest BCUT2D eigenvalue weighted by molar-refractivity contribution is 0.949. The van der Waals surface area contributed by atoms with Crippen LogP contribution in [0.3, 0.4) is 0 Å². The van der Waals surface area contributed by atoms with Crippen molar-refractivity contribution in [3.8, 4) is 0 Å². The van der Waals surface area contributed by atoms with Crippen LogP contribution in [0, 0.1) is 0 Å². The SMILES string of the molecule is C=C(c1ccccc1)[C@H](C)N. The maximum absolute atomic E-state index is 5.67. The first-order valence-electron chi connectivity index (χ1n) is 3.71. The lowest BCUT2D eigenvalue weighted by Gasteiger charge is -2.08. The maximum atomic E-state index is 5.67. The Morgan fingerprint density at radius 2 is 1.91 bits per heavy atom. The summed E-state index contributed by atoms with van der Waals surface area (Å²) >= 11 is 0. The van der Waals surface area contributed by atoms with Crippen molar-refractivity contribution < 1.29 is 0 Å². The van der Waals surface area contributed by atoms with E-state index in [4.69, 9.17) is 5.73 Å². The first-order chi connectivity index (χ1) is 5.22. The summed E-state index contributed by atoms with van der Waals surface area (Å²) in [5.74, 6) is 0. The third kappa shape index (κ3) is 1.92. The molecule has 11 heavy (non-hydrogen) atoms. The predicted molar refractivity (Wildman–Crippen MR) is 49.1 cm³/mol. The molecule has 0 fully saturated rings. The highest BCUT2D eigenvalue weighted by atomic mass is 14.6. The molecule has 1 atom stereocenters. The molecule has 0 heterocycles. The molecule has 0 saturated carbocycles. The average molecular weight is 147 g/mol. The van der Waals surface area contributed by atoms with E-state index in [-0.39, 0.29) is 6.04 Å². The molecular weight excluding hydrogens is 134 g/mol. The molecule has 1 nitrogen and oxygen atoms in total. The average Bonchev–Trinajstić information content (AvgIpc) is 2.05. The molecule has 58 valence electrons. The van der Waals surface area contributed by atoms with Gasteiger partial charge in [-0.05, 0) is 18.1 Å². The van der Waals surface area contributed by atoms with Gasteiger partial charge in [0.25, 0.3) is 0 Å². The molecule has 0 bridgehead atoms. The van der Waals surface area contributed by atoms with E-state index in [1.54, 1.807) is 0 Å². The van der Waals surface area contributed by atoms with Crippen molar-refractivity contribution in [2.45, 2.75) is 13.0 Å². The fourth-order valence-corrected chi connectivity index (χ4v) is 0.915. The van der Waals surface area contributed by atoms with Crippen molar-refractivity contribution in [1.29, 1.82) is 0 Å². The van der Waals surface area contributed by atoms with Crippen molar-refractivity contribution in [3.63, 3.8) is 0 Å². The smallest absolute Gasteiger partial charge is 0.0266 e. The molecule has 2 N–H and O–H groups in total. The van der Waals surface area contributed by atoms with E-state index in [2.05, 4.69) is 6.58 Å². The largest absolute Gasteiger partial charge is 0.324 e. The van der Waals surface area contributed by atoms with Crippen LogP contribution in [0.15, 0.2) is 36.9 Å². The van der Waals surface area contributed by atoms with E-state index in [1.165, 1.54) is 0 Å². The molecule has 0 aliphatic carbocycles. The second-order valence-electron chi connectivity index (χ2n) is 2.68. The fraction of sp³-hybridized carbons (Fsp3) is 0.200. The molecule has 0 unspecified atom stereocenters. The zero-order valence-corrected chi connectivity index (χ0v) is 6.75. The monoisotopic (exact) mass is 147 g/mol. The molecule has 0 aliphatic rings. The molecule has 1 heteroatoms. The Kier molecular flexibility index (Phi) is 2.44. The lowest BCUT2D eigenvalue weighted by Crippen LogP contribution is -2.15. The van der Waals surface area contributed by atoms with Crippen molar-refractivity contribution in [2.24, 2.45) is 5.73 Å². The van der Waals surface area contributed by atoms with Crippen molar-refractivity contribution in [1.82, 2.24) is 0 Å². The summed E-state index contributed by atoms with van der Waals surface area (Å²) in [5, 5.41) is 0. The minimum atomic E-state index is 0.0393. The van der Waals surface area contributed by atoms with E-state index in [0.717, 1.165) is 11.1 Å². The number of hydrogen-bond acceptors (Lipinski definition) is 1. The zero-order chi connectivity index (χ0) is 8.27. The van der Waals surface area contributed by atoms with E-state index < -0.39 is 0 Å². The summed E-state index contributed by atoms with van der Waals surface area (Å²) in [6.07, 6.45) is 0. The number of rotatable bonds is 2. The van der Waals surface area contributed by atoms with Gasteiger partial charge >= 0.3 is 0 Å². The Labute approximate surface area is 67.5 Å². The van der Waals surface area contributed by atoms with E-state index >= 15 is 0 Å². The minimum absolute atomic E-state index is 0.0393. The van der Waals surface area contributed by atoms with Gasteiger partial charge in [-0.15, -0.1) is 0 Å². The Morgan fingerprint density at radius 1 is 1.36 bits per heavy atom. The molecule has 1 aromatic rings. The predicted octanol–water partition coefficient (Wildman–Crippen LogP) is 2.05. The van der Waals surface area contributed by atoms with E-state index in [1.807, 2.05) is 37.3 Å². The summed E-state index contributed by atoms with van der Waals surface area (Å²) in [4.78, 5) is 0. The second-order valence-corrected chi connectivity index (χ2v) is 2.68. The third-order valence-corrected chi connectivity index (χ3v) is 1.69. The molecule has 0 spiro atoms. The van der Waals surface area contributed by atoms with Gasteiger partial charge in [0.1, 0.15) is 0 Å². The summed E-state index contributed by atoms with van der Waals surface area (Å²) in [7, 11) is 0. The van der Waals surface area contributed by atoms with Crippen LogP contribution in [0.2, 0.25) is 0 Å². The summed E-state index contributed by atoms with van der Waals surface area (Å²) < 4.78 is 0. The summed E-state index contributed by atoms with van der Waals surface area (Å²) in [5.41, 5.74) is 7.79. The molecule has 0 saturated heterocycles. The Hall–Kier alpha value is -1.08. The quantitative estimate of drug-likeness (QED) is 0.680. The van der Waals surface area contributed by atoms with Gasteiger partial charge in [-0.25, -0.2) is 0 Å². The van der Waals surface area contributed by atoms with E-state index in [0.29, 0.717) is 0 Å². The van der Waals surface area contributed by atoms with Crippen LogP contribution in [0.5, 0.6) is 0 Å². The van der Waals surface area contributed by atoms with Crippen LogP contribution in [0.25, 0.3) is 5.57 Å². The summed E-state index contributed by atoms with van der Waals surface area (Å²) in [6, 6.07) is 10.0. The van der Waals surface area contributed by atoms with Crippen LogP contribution < -0.4 is 5.73 Å². The van der Waals surface area contributed by atoms with Gasteiger partial charge in [0, 0.05) is 6.04 Å². The highest BCUT2D eigenvalue weighted by Crippen LogP contribution is 2.13. The molecule has 0 aromatic heterocycles. The fourth-order valence-electron chi connectivity index (χ4n) is 0.915. The molecule has 0 radical (unpaired) electrons. The van der Waals surface area contributed by atoms with Gasteiger partial charge in [0.2, 0.25) is 0 Å².